The Hall–Kier alpha value is -3.02. The molecule has 0 spiro atoms. The second-order valence-corrected chi connectivity index (χ2v) is 5.44. The van der Waals surface area contributed by atoms with Crippen molar-refractivity contribution in [3.8, 4) is 11.5 Å². The van der Waals surface area contributed by atoms with Crippen molar-refractivity contribution in [2.24, 2.45) is 0 Å². The van der Waals surface area contributed by atoms with Gasteiger partial charge in [-0.15, -0.1) is 0 Å². The minimum absolute atomic E-state index is 0.180. The molecule has 2 aromatic carbocycles. The molecule has 138 valence electrons. The maximum absolute atomic E-state index is 12.1. The van der Waals surface area contributed by atoms with Crippen LogP contribution in [-0.4, -0.2) is 32.2 Å². The van der Waals surface area contributed by atoms with Gasteiger partial charge < -0.3 is 19.5 Å². The van der Waals surface area contributed by atoms with E-state index in [0.717, 1.165) is 11.5 Å². The molecule has 0 saturated heterocycles. The quantitative estimate of drug-likeness (QED) is 0.547. The predicted octanol–water partition coefficient (Wildman–Crippen LogP) is 3.67. The van der Waals surface area contributed by atoms with Crippen molar-refractivity contribution < 1.29 is 23.8 Å². The van der Waals surface area contributed by atoms with Crippen molar-refractivity contribution in [1.29, 1.82) is 0 Å². The highest BCUT2D eigenvalue weighted by atomic mass is 16.5. The van der Waals surface area contributed by atoms with E-state index in [4.69, 9.17) is 14.2 Å². The molecule has 0 fully saturated rings. The highest BCUT2D eigenvalue weighted by Crippen LogP contribution is 2.18. The summed E-state index contributed by atoms with van der Waals surface area (Å²) >= 11 is 0. The van der Waals surface area contributed by atoms with Crippen molar-refractivity contribution in [2.75, 3.05) is 25.6 Å². The summed E-state index contributed by atoms with van der Waals surface area (Å²) in [4.78, 5) is 24.0. The second-order valence-electron chi connectivity index (χ2n) is 5.44. The molecule has 1 N–H and O–H groups in total. The molecule has 26 heavy (non-hydrogen) atoms. The van der Waals surface area contributed by atoms with Gasteiger partial charge in [0.25, 0.3) is 0 Å². The molecule has 0 aromatic heterocycles. The van der Waals surface area contributed by atoms with Crippen LogP contribution in [0.2, 0.25) is 0 Å². The van der Waals surface area contributed by atoms with Crippen molar-refractivity contribution in [1.82, 2.24) is 0 Å². The minimum Gasteiger partial charge on any atom is -0.497 e. The number of hydrogen-bond donors (Lipinski definition) is 1. The molecule has 0 aliphatic rings. The summed E-state index contributed by atoms with van der Waals surface area (Å²) in [7, 11) is 1.61. The Labute approximate surface area is 153 Å². The van der Waals surface area contributed by atoms with Gasteiger partial charge in [-0.05, 0) is 49.7 Å². The third-order valence-corrected chi connectivity index (χ3v) is 3.57. The summed E-state index contributed by atoms with van der Waals surface area (Å²) < 4.78 is 15.7. The van der Waals surface area contributed by atoms with E-state index in [2.05, 4.69) is 5.32 Å². The Balaban J connectivity index is 1.79. The number of anilines is 1. The van der Waals surface area contributed by atoms with Gasteiger partial charge in [0.1, 0.15) is 11.5 Å². The van der Waals surface area contributed by atoms with Crippen LogP contribution >= 0.6 is 0 Å². The van der Waals surface area contributed by atoms with E-state index in [1.165, 1.54) is 0 Å². The van der Waals surface area contributed by atoms with Gasteiger partial charge in [-0.2, -0.15) is 0 Å². The molecule has 0 aliphatic heterocycles. The average molecular weight is 357 g/mol. The van der Waals surface area contributed by atoms with Crippen LogP contribution in [0.1, 0.15) is 30.1 Å². The monoisotopic (exact) mass is 357 g/mol. The van der Waals surface area contributed by atoms with Gasteiger partial charge in [-0.1, -0.05) is 12.1 Å². The van der Waals surface area contributed by atoms with Crippen LogP contribution in [0.4, 0.5) is 5.69 Å². The molecule has 0 radical (unpaired) electrons. The van der Waals surface area contributed by atoms with E-state index in [1.807, 2.05) is 24.3 Å². The van der Waals surface area contributed by atoms with Crippen LogP contribution in [0.5, 0.6) is 11.5 Å². The summed E-state index contributed by atoms with van der Waals surface area (Å²) in [6, 6.07) is 14.0. The fourth-order valence-electron chi connectivity index (χ4n) is 2.29. The van der Waals surface area contributed by atoms with Gasteiger partial charge in [-0.25, -0.2) is 4.79 Å². The number of ether oxygens (including phenoxy) is 3. The number of para-hydroxylation sites is 1. The lowest BCUT2D eigenvalue weighted by Gasteiger charge is -2.10. The van der Waals surface area contributed by atoms with Crippen molar-refractivity contribution in [2.45, 2.75) is 19.8 Å². The molecule has 2 aromatic rings. The lowest BCUT2D eigenvalue weighted by Crippen LogP contribution is -2.16. The zero-order valence-electron chi connectivity index (χ0n) is 15.0. The molecule has 0 bridgehead atoms. The number of benzene rings is 2. The number of carbonyl (C=O) groups is 2. The number of esters is 1. The van der Waals surface area contributed by atoms with Gasteiger partial charge in [-0.3, -0.25) is 4.79 Å². The zero-order chi connectivity index (χ0) is 18.8. The number of nitrogens with one attached hydrogen (secondary N) is 1. The highest BCUT2D eigenvalue weighted by molar-refractivity contribution is 6.01. The fraction of sp³-hybridized carbons (Fsp3) is 0.300. The lowest BCUT2D eigenvalue weighted by molar-refractivity contribution is -0.116. The van der Waals surface area contributed by atoms with E-state index in [-0.39, 0.29) is 18.9 Å². The van der Waals surface area contributed by atoms with Gasteiger partial charge in [0.15, 0.2) is 0 Å². The molecule has 0 heterocycles. The topological polar surface area (TPSA) is 73.9 Å². The van der Waals surface area contributed by atoms with Crippen LogP contribution in [0.3, 0.4) is 0 Å². The van der Waals surface area contributed by atoms with Crippen LogP contribution in [-0.2, 0) is 9.53 Å². The lowest BCUT2D eigenvalue weighted by atomic mass is 10.1. The Morgan fingerprint density at radius 3 is 2.38 bits per heavy atom. The maximum Gasteiger partial charge on any atom is 0.340 e. The van der Waals surface area contributed by atoms with Crippen molar-refractivity contribution >= 4 is 17.6 Å². The average Bonchev–Trinajstić information content (AvgIpc) is 2.66. The highest BCUT2D eigenvalue weighted by Gasteiger charge is 2.13. The van der Waals surface area contributed by atoms with Crippen LogP contribution < -0.4 is 14.8 Å². The Kier molecular flexibility index (Phi) is 7.49. The molecule has 0 unspecified atom stereocenters. The molecular formula is C20H23NO5. The molecule has 0 aliphatic carbocycles. The van der Waals surface area contributed by atoms with Crippen molar-refractivity contribution in [3.05, 3.63) is 54.1 Å². The molecule has 1 amide bonds. The molecule has 6 heteroatoms. The first-order valence-electron chi connectivity index (χ1n) is 8.47. The van der Waals surface area contributed by atoms with E-state index in [0.29, 0.717) is 24.3 Å². The predicted molar refractivity (Wildman–Crippen MR) is 98.8 cm³/mol. The van der Waals surface area contributed by atoms with Crippen LogP contribution in [0.15, 0.2) is 48.5 Å². The molecule has 2 rings (SSSR count). The standard InChI is InChI=1S/C20H23NO5/c1-3-25-20(23)17-7-4-5-8-18(17)21-19(22)9-6-14-26-16-12-10-15(24-2)11-13-16/h4-5,7-8,10-13H,3,6,9,14H2,1-2H3,(H,21,22). The Bertz CT molecular complexity index is 727. The van der Waals surface area contributed by atoms with Gasteiger partial charge in [0, 0.05) is 6.42 Å². The summed E-state index contributed by atoms with van der Waals surface area (Å²) in [6.45, 7) is 2.44. The van der Waals surface area contributed by atoms with Crippen molar-refractivity contribution in [3.63, 3.8) is 0 Å². The van der Waals surface area contributed by atoms with Gasteiger partial charge >= 0.3 is 5.97 Å². The van der Waals surface area contributed by atoms with Crippen LogP contribution in [0.25, 0.3) is 0 Å². The van der Waals surface area contributed by atoms with E-state index in [1.54, 1.807) is 38.3 Å². The van der Waals surface area contributed by atoms with Gasteiger partial charge in [0.2, 0.25) is 5.91 Å². The summed E-state index contributed by atoms with van der Waals surface area (Å²) in [6.07, 6.45) is 0.840. The first-order valence-corrected chi connectivity index (χ1v) is 8.47. The first kappa shape index (κ1) is 19.3. The van der Waals surface area contributed by atoms with Gasteiger partial charge in [0.05, 0.1) is 31.6 Å². The SMILES string of the molecule is CCOC(=O)c1ccccc1NC(=O)CCCOc1ccc(OC)cc1. The normalized spacial score (nSPS) is 10.1. The second kappa shape index (κ2) is 10.1. The Morgan fingerprint density at radius 2 is 1.69 bits per heavy atom. The zero-order valence-corrected chi connectivity index (χ0v) is 15.0. The maximum atomic E-state index is 12.1. The fourth-order valence-corrected chi connectivity index (χ4v) is 2.29. The first-order chi connectivity index (χ1) is 12.6. The van der Waals surface area contributed by atoms with E-state index < -0.39 is 5.97 Å². The minimum atomic E-state index is -0.453. The Morgan fingerprint density at radius 1 is 1.00 bits per heavy atom. The number of rotatable bonds is 9. The summed E-state index contributed by atoms with van der Waals surface area (Å²) in [5.41, 5.74) is 0.796. The third kappa shape index (κ3) is 5.81. The molecule has 6 nitrogen and oxygen atoms in total. The van der Waals surface area contributed by atoms with Crippen LogP contribution in [0, 0.1) is 0 Å². The number of carbonyl (C=O) groups excluding carboxylic acids is 2. The summed E-state index contributed by atoms with van der Waals surface area (Å²) in [5, 5.41) is 2.75. The van der Waals surface area contributed by atoms with E-state index >= 15 is 0 Å². The molecule has 0 saturated carbocycles. The molecular weight excluding hydrogens is 334 g/mol. The number of amides is 1. The summed E-state index contributed by atoms with van der Waals surface area (Å²) in [5.74, 6) is 0.849. The smallest absolute Gasteiger partial charge is 0.340 e. The largest absolute Gasteiger partial charge is 0.497 e. The molecule has 0 atom stereocenters. The number of methoxy groups -OCH3 is 1. The van der Waals surface area contributed by atoms with E-state index in [9.17, 15) is 9.59 Å². The third-order valence-electron chi connectivity index (χ3n) is 3.57. The number of hydrogen-bond acceptors (Lipinski definition) is 5.